The van der Waals surface area contributed by atoms with E-state index in [9.17, 15) is 4.39 Å². The van der Waals surface area contributed by atoms with E-state index in [2.05, 4.69) is 30.9 Å². The van der Waals surface area contributed by atoms with Gasteiger partial charge < -0.3 is 0 Å². The minimum atomic E-state index is -0.107. The molecule has 0 aliphatic carbocycles. The van der Waals surface area contributed by atoms with Crippen molar-refractivity contribution in [3.8, 4) is 11.8 Å². The SMILES string of the molecule is CC#CCC/C=C\C(C)/C=C(C)\C(F)=C/CC. The van der Waals surface area contributed by atoms with Crippen LogP contribution >= 0.6 is 0 Å². The molecule has 0 saturated carbocycles. The first kappa shape index (κ1) is 15.7. The van der Waals surface area contributed by atoms with E-state index >= 15 is 0 Å². The minimum absolute atomic E-state index is 0.107. The molecule has 1 atom stereocenters. The first-order chi connectivity index (χ1) is 8.11. The van der Waals surface area contributed by atoms with E-state index in [-0.39, 0.29) is 11.7 Å². The molecule has 0 aromatic rings. The molecule has 17 heavy (non-hydrogen) atoms. The lowest BCUT2D eigenvalue weighted by atomic mass is 10.1. The Balaban J connectivity index is 4.22. The van der Waals surface area contributed by atoms with Gasteiger partial charge in [0.25, 0.3) is 0 Å². The van der Waals surface area contributed by atoms with Crippen LogP contribution in [0.5, 0.6) is 0 Å². The van der Waals surface area contributed by atoms with Gasteiger partial charge in [-0.15, -0.1) is 11.8 Å². The van der Waals surface area contributed by atoms with Crippen molar-refractivity contribution in [1.29, 1.82) is 0 Å². The summed E-state index contributed by atoms with van der Waals surface area (Å²) in [7, 11) is 0. The Hall–Kier alpha value is -1.29. The summed E-state index contributed by atoms with van der Waals surface area (Å²) < 4.78 is 13.4. The van der Waals surface area contributed by atoms with E-state index in [1.807, 2.05) is 26.8 Å². The smallest absolute Gasteiger partial charge is 0.121 e. The number of halogens is 1. The second kappa shape index (κ2) is 9.90. The number of unbranched alkanes of at least 4 members (excludes halogenated alkanes) is 1. The molecule has 0 radical (unpaired) electrons. The van der Waals surface area contributed by atoms with Crippen LogP contribution in [0.1, 0.15) is 47.0 Å². The lowest BCUT2D eigenvalue weighted by Gasteiger charge is -2.02. The highest BCUT2D eigenvalue weighted by atomic mass is 19.1. The van der Waals surface area contributed by atoms with Crippen LogP contribution in [0.2, 0.25) is 0 Å². The Morgan fingerprint density at radius 2 is 2.12 bits per heavy atom. The summed E-state index contributed by atoms with van der Waals surface area (Å²) in [4.78, 5) is 0. The second-order valence-corrected chi connectivity index (χ2v) is 4.06. The quantitative estimate of drug-likeness (QED) is 0.257. The molecule has 0 heterocycles. The van der Waals surface area contributed by atoms with Crippen LogP contribution in [-0.4, -0.2) is 0 Å². The molecule has 0 rings (SSSR count). The average Bonchev–Trinajstić information content (AvgIpc) is 2.29. The van der Waals surface area contributed by atoms with Gasteiger partial charge in [-0.3, -0.25) is 0 Å². The van der Waals surface area contributed by atoms with Gasteiger partial charge >= 0.3 is 0 Å². The number of rotatable bonds is 6. The van der Waals surface area contributed by atoms with Crippen molar-refractivity contribution in [3.05, 3.63) is 35.7 Å². The van der Waals surface area contributed by atoms with Gasteiger partial charge in [-0.1, -0.05) is 32.1 Å². The number of hydrogen-bond donors (Lipinski definition) is 0. The fourth-order valence-corrected chi connectivity index (χ4v) is 1.46. The highest BCUT2D eigenvalue weighted by molar-refractivity contribution is 5.24. The summed E-state index contributed by atoms with van der Waals surface area (Å²) in [5, 5.41) is 0. The lowest BCUT2D eigenvalue weighted by Crippen LogP contribution is -1.87. The molecule has 0 nitrogen and oxygen atoms in total. The van der Waals surface area contributed by atoms with Gasteiger partial charge in [-0.25, -0.2) is 4.39 Å². The Morgan fingerprint density at radius 3 is 2.71 bits per heavy atom. The molecule has 0 amide bonds. The van der Waals surface area contributed by atoms with Gasteiger partial charge in [0.1, 0.15) is 5.83 Å². The van der Waals surface area contributed by atoms with E-state index in [0.717, 1.165) is 24.8 Å². The summed E-state index contributed by atoms with van der Waals surface area (Å²) >= 11 is 0. The van der Waals surface area contributed by atoms with Crippen molar-refractivity contribution in [1.82, 2.24) is 0 Å². The van der Waals surface area contributed by atoms with Crippen LogP contribution < -0.4 is 0 Å². The molecule has 0 aliphatic heterocycles. The third-order valence-electron chi connectivity index (χ3n) is 2.33. The molecule has 94 valence electrons. The van der Waals surface area contributed by atoms with E-state index in [4.69, 9.17) is 0 Å². The predicted molar refractivity (Wildman–Crippen MR) is 74.2 cm³/mol. The summed E-state index contributed by atoms with van der Waals surface area (Å²) in [6, 6.07) is 0. The molecule has 0 bridgehead atoms. The van der Waals surface area contributed by atoms with Gasteiger partial charge in [-0.2, -0.15) is 0 Å². The van der Waals surface area contributed by atoms with E-state index in [1.165, 1.54) is 0 Å². The third-order valence-corrected chi connectivity index (χ3v) is 2.33. The average molecular weight is 234 g/mol. The third kappa shape index (κ3) is 8.51. The highest BCUT2D eigenvalue weighted by Crippen LogP contribution is 2.15. The van der Waals surface area contributed by atoms with E-state index < -0.39 is 0 Å². The molecule has 1 unspecified atom stereocenters. The van der Waals surface area contributed by atoms with Crippen LogP contribution in [0.25, 0.3) is 0 Å². The monoisotopic (exact) mass is 234 g/mol. The van der Waals surface area contributed by atoms with Crippen LogP contribution in [-0.2, 0) is 0 Å². The highest BCUT2D eigenvalue weighted by Gasteiger charge is 1.99. The Bertz CT molecular complexity index is 347. The summed E-state index contributed by atoms with van der Waals surface area (Å²) in [6.45, 7) is 7.66. The molecule has 0 saturated heterocycles. The largest absolute Gasteiger partial charge is 0.207 e. The standard InChI is InChI=1S/C16H23F/c1-5-7-8-9-10-12-14(3)13-15(4)16(17)11-6-2/h10-14H,6,8-9H2,1-4H3/b12-10-,15-13-,16-11+. The molecular weight excluding hydrogens is 211 g/mol. The molecule has 0 aliphatic rings. The van der Waals surface area contributed by atoms with Crippen molar-refractivity contribution in [3.63, 3.8) is 0 Å². The summed E-state index contributed by atoms with van der Waals surface area (Å²) in [6.07, 6.45) is 10.4. The van der Waals surface area contributed by atoms with E-state index in [1.54, 1.807) is 6.08 Å². The van der Waals surface area contributed by atoms with Crippen LogP contribution in [0.4, 0.5) is 4.39 Å². The molecule has 0 N–H and O–H groups in total. The fraction of sp³-hybridized carbons (Fsp3) is 0.500. The zero-order valence-corrected chi connectivity index (χ0v) is 11.4. The number of hydrogen-bond acceptors (Lipinski definition) is 0. The molecule has 1 heteroatoms. The minimum Gasteiger partial charge on any atom is -0.207 e. The zero-order valence-electron chi connectivity index (χ0n) is 11.4. The van der Waals surface area contributed by atoms with Crippen molar-refractivity contribution in [2.75, 3.05) is 0 Å². The Kier molecular flexibility index (Phi) is 9.15. The maximum Gasteiger partial charge on any atom is 0.121 e. The van der Waals surface area contributed by atoms with Crippen molar-refractivity contribution < 1.29 is 4.39 Å². The molecule has 0 aromatic heterocycles. The van der Waals surface area contributed by atoms with E-state index in [0.29, 0.717) is 0 Å². The maximum atomic E-state index is 13.4. The first-order valence-electron chi connectivity index (χ1n) is 6.22. The summed E-state index contributed by atoms with van der Waals surface area (Å²) in [5.41, 5.74) is 0.720. The topological polar surface area (TPSA) is 0 Å². The summed E-state index contributed by atoms with van der Waals surface area (Å²) in [5.74, 6) is 6.03. The van der Waals surface area contributed by atoms with Gasteiger partial charge in [0.05, 0.1) is 0 Å². The van der Waals surface area contributed by atoms with Crippen molar-refractivity contribution >= 4 is 0 Å². The van der Waals surface area contributed by atoms with Gasteiger partial charge in [0, 0.05) is 6.42 Å². The van der Waals surface area contributed by atoms with Crippen LogP contribution in [0.15, 0.2) is 35.7 Å². The van der Waals surface area contributed by atoms with Crippen molar-refractivity contribution in [2.24, 2.45) is 5.92 Å². The number of allylic oxidation sites excluding steroid dienone is 6. The van der Waals surface area contributed by atoms with Crippen LogP contribution in [0.3, 0.4) is 0 Å². The fourth-order valence-electron chi connectivity index (χ4n) is 1.46. The molecular formula is C16H23F. The van der Waals surface area contributed by atoms with Gasteiger partial charge in [0.15, 0.2) is 0 Å². The normalized spacial score (nSPS) is 14.6. The Labute approximate surface area is 105 Å². The maximum absolute atomic E-state index is 13.4. The first-order valence-corrected chi connectivity index (χ1v) is 6.22. The molecule has 0 spiro atoms. The molecule has 0 fully saturated rings. The van der Waals surface area contributed by atoms with Gasteiger partial charge in [-0.05, 0) is 44.3 Å². The van der Waals surface area contributed by atoms with Gasteiger partial charge in [0.2, 0.25) is 0 Å². The van der Waals surface area contributed by atoms with Crippen LogP contribution in [0, 0.1) is 17.8 Å². The predicted octanol–water partition coefficient (Wildman–Crippen LogP) is 5.19. The zero-order chi connectivity index (χ0) is 13.1. The van der Waals surface area contributed by atoms with Crippen molar-refractivity contribution in [2.45, 2.75) is 47.0 Å². The lowest BCUT2D eigenvalue weighted by molar-refractivity contribution is 0.642. The Morgan fingerprint density at radius 1 is 1.41 bits per heavy atom. The molecule has 0 aromatic carbocycles. The second-order valence-electron chi connectivity index (χ2n) is 4.06.